The number of hydrogen-bond donors (Lipinski definition) is 2. The molecular formula is C24H32N4O2. The highest BCUT2D eigenvalue weighted by Gasteiger charge is 2.18. The summed E-state index contributed by atoms with van der Waals surface area (Å²) in [5.41, 5.74) is 7.99. The summed E-state index contributed by atoms with van der Waals surface area (Å²) in [5.74, 6) is -0.128. The third-order valence-corrected chi connectivity index (χ3v) is 5.67. The maximum absolute atomic E-state index is 13.0. The number of fused-ring (bicyclic) bond motifs is 1. The molecule has 6 heteroatoms. The second-order valence-corrected chi connectivity index (χ2v) is 8.07. The van der Waals surface area contributed by atoms with E-state index in [0.717, 1.165) is 29.1 Å². The normalized spacial score (nSPS) is 12.2. The fourth-order valence-electron chi connectivity index (χ4n) is 3.85. The first-order valence-corrected chi connectivity index (χ1v) is 10.5. The minimum absolute atomic E-state index is 0.128. The SMILES string of the molecule is CCc1cccc(C)c1CNc1cc(C(=O)N(C)C[C@@H](C)O)cn2c(C)c(C)nc12. The summed E-state index contributed by atoms with van der Waals surface area (Å²) in [6.07, 6.45) is 2.23. The number of amides is 1. The lowest BCUT2D eigenvalue weighted by Gasteiger charge is -2.20. The molecule has 0 fully saturated rings. The summed E-state index contributed by atoms with van der Waals surface area (Å²) < 4.78 is 1.97. The Morgan fingerprint density at radius 2 is 2.03 bits per heavy atom. The number of anilines is 1. The van der Waals surface area contributed by atoms with Crippen molar-refractivity contribution in [2.45, 2.75) is 53.7 Å². The first kappa shape index (κ1) is 21.8. The van der Waals surface area contributed by atoms with E-state index in [0.29, 0.717) is 12.1 Å². The zero-order valence-electron chi connectivity index (χ0n) is 18.8. The average Bonchev–Trinajstić information content (AvgIpc) is 2.99. The number of carbonyl (C=O) groups excluding carboxylic acids is 1. The molecule has 1 amide bonds. The van der Waals surface area contributed by atoms with E-state index in [9.17, 15) is 9.90 Å². The van der Waals surface area contributed by atoms with E-state index in [4.69, 9.17) is 4.98 Å². The molecule has 3 aromatic rings. The van der Waals surface area contributed by atoms with Crippen LogP contribution in [0, 0.1) is 20.8 Å². The van der Waals surface area contributed by atoms with Gasteiger partial charge in [0.1, 0.15) is 0 Å². The Morgan fingerprint density at radius 3 is 2.70 bits per heavy atom. The van der Waals surface area contributed by atoms with Gasteiger partial charge in [0, 0.05) is 32.0 Å². The Labute approximate surface area is 178 Å². The van der Waals surface area contributed by atoms with Gasteiger partial charge in [-0.3, -0.25) is 4.79 Å². The van der Waals surface area contributed by atoms with Crippen LogP contribution in [0.5, 0.6) is 0 Å². The first-order valence-electron chi connectivity index (χ1n) is 10.5. The Kier molecular flexibility index (Phi) is 6.46. The van der Waals surface area contributed by atoms with E-state index in [1.54, 1.807) is 18.9 Å². The Hall–Kier alpha value is -2.86. The fraction of sp³-hybridized carbons (Fsp3) is 0.417. The zero-order chi connectivity index (χ0) is 22.0. The van der Waals surface area contributed by atoms with Gasteiger partial charge in [0.05, 0.1) is 23.0 Å². The molecule has 2 N–H and O–H groups in total. The van der Waals surface area contributed by atoms with Crippen molar-refractivity contribution >= 4 is 17.2 Å². The van der Waals surface area contributed by atoms with Crippen LogP contribution in [0.3, 0.4) is 0 Å². The fourth-order valence-corrected chi connectivity index (χ4v) is 3.85. The van der Waals surface area contributed by atoms with Crippen LogP contribution in [0.15, 0.2) is 30.5 Å². The quantitative estimate of drug-likeness (QED) is 0.622. The number of nitrogens with one attached hydrogen (secondary N) is 1. The Morgan fingerprint density at radius 1 is 1.30 bits per heavy atom. The molecule has 0 radical (unpaired) electrons. The van der Waals surface area contributed by atoms with Crippen molar-refractivity contribution in [3.63, 3.8) is 0 Å². The van der Waals surface area contributed by atoms with E-state index in [1.807, 2.05) is 30.5 Å². The van der Waals surface area contributed by atoms with Crippen LogP contribution in [0.1, 0.15) is 52.3 Å². The van der Waals surface area contributed by atoms with Gasteiger partial charge in [-0.25, -0.2) is 4.98 Å². The van der Waals surface area contributed by atoms with Crippen molar-refractivity contribution in [3.05, 3.63) is 64.1 Å². The van der Waals surface area contributed by atoms with Crippen LogP contribution in [-0.2, 0) is 13.0 Å². The lowest BCUT2D eigenvalue weighted by atomic mass is 10.00. The van der Waals surface area contributed by atoms with Crippen molar-refractivity contribution in [2.75, 3.05) is 18.9 Å². The molecule has 0 saturated heterocycles. The number of rotatable bonds is 7. The molecule has 1 atom stereocenters. The predicted octanol–water partition coefficient (Wildman–Crippen LogP) is 3.89. The van der Waals surface area contributed by atoms with Gasteiger partial charge in [-0.1, -0.05) is 25.1 Å². The minimum Gasteiger partial charge on any atom is -0.392 e. The van der Waals surface area contributed by atoms with Crippen LogP contribution >= 0.6 is 0 Å². The van der Waals surface area contributed by atoms with Gasteiger partial charge in [0.2, 0.25) is 0 Å². The molecule has 2 aromatic heterocycles. The highest BCUT2D eigenvalue weighted by atomic mass is 16.3. The summed E-state index contributed by atoms with van der Waals surface area (Å²) in [4.78, 5) is 19.2. The van der Waals surface area contributed by atoms with Crippen molar-refractivity contribution in [2.24, 2.45) is 0 Å². The molecule has 3 rings (SSSR count). The van der Waals surface area contributed by atoms with E-state index in [-0.39, 0.29) is 12.5 Å². The van der Waals surface area contributed by atoms with Crippen LogP contribution in [0.2, 0.25) is 0 Å². The van der Waals surface area contributed by atoms with Gasteiger partial charge >= 0.3 is 0 Å². The largest absolute Gasteiger partial charge is 0.392 e. The molecular weight excluding hydrogens is 376 g/mol. The molecule has 0 aliphatic heterocycles. The van der Waals surface area contributed by atoms with Gasteiger partial charge in [-0.15, -0.1) is 0 Å². The highest BCUT2D eigenvalue weighted by Crippen LogP contribution is 2.24. The zero-order valence-corrected chi connectivity index (χ0v) is 18.8. The van der Waals surface area contributed by atoms with E-state index >= 15 is 0 Å². The number of aromatic nitrogens is 2. The third kappa shape index (κ3) is 4.33. The molecule has 0 aliphatic carbocycles. The summed E-state index contributed by atoms with van der Waals surface area (Å²) in [6.45, 7) is 10.9. The number of aryl methyl sites for hydroxylation is 4. The highest BCUT2D eigenvalue weighted by molar-refractivity contribution is 5.96. The van der Waals surface area contributed by atoms with E-state index < -0.39 is 6.10 Å². The summed E-state index contributed by atoms with van der Waals surface area (Å²) in [5, 5.41) is 13.2. The van der Waals surface area contributed by atoms with Crippen LogP contribution in [0.4, 0.5) is 5.69 Å². The number of hydrogen-bond acceptors (Lipinski definition) is 4. The molecule has 160 valence electrons. The second-order valence-electron chi connectivity index (χ2n) is 8.07. The Bertz CT molecular complexity index is 1070. The number of aliphatic hydroxyl groups excluding tert-OH is 1. The van der Waals surface area contributed by atoms with Gasteiger partial charge in [-0.2, -0.15) is 0 Å². The number of carbonyl (C=O) groups is 1. The lowest BCUT2D eigenvalue weighted by molar-refractivity contribution is 0.0703. The third-order valence-electron chi connectivity index (χ3n) is 5.67. The Balaban J connectivity index is 2.01. The van der Waals surface area contributed by atoms with Crippen LogP contribution in [-0.4, -0.2) is 45.0 Å². The maximum Gasteiger partial charge on any atom is 0.255 e. The number of benzene rings is 1. The van der Waals surface area contributed by atoms with Crippen molar-refractivity contribution < 1.29 is 9.90 Å². The van der Waals surface area contributed by atoms with Crippen molar-refractivity contribution in [1.82, 2.24) is 14.3 Å². The van der Waals surface area contributed by atoms with Crippen molar-refractivity contribution in [1.29, 1.82) is 0 Å². The molecule has 0 saturated carbocycles. The minimum atomic E-state index is -0.578. The van der Waals surface area contributed by atoms with Crippen LogP contribution in [0.25, 0.3) is 5.65 Å². The van der Waals surface area contributed by atoms with Crippen molar-refractivity contribution in [3.8, 4) is 0 Å². The van der Waals surface area contributed by atoms with Crippen LogP contribution < -0.4 is 5.32 Å². The average molecular weight is 409 g/mol. The topological polar surface area (TPSA) is 69.9 Å². The molecule has 1 aromatic carbocycles. The van der Waals surface area contributed by atoms with Gasteiger partial charge < -0.3 is 19.7 Å². The monoisotopic (exact) mass is 408 g/mol. The number of likely N-dealkylation sites (N-methyl/N-ethyl adjacent to an activating group) is 1. The van der Waals surface area contributed by atoms with E-state index in [1.165, 1.54) is 16.7 Å². The predicted molar refractivity (Wildman–Crippen MR) is 121 cm³/mol. The summed E-state index contributed by atoms with van der Waals surface area (Å²) in [7, 11) is 1.71. The molecule has 6 nitrogen and oxygen atoms in total. The number of aliphatic hydroxyl groups is 1. The second kappa shape index (κ2) is 8.88. The summed E-state index contributed by atoms with van der Waals surface area (Å²) in [6, 6.07) is 8.25. The maximum atomic E-state index is 13.0. The molecule has 0 bridgehead atoms. The number of imidazole rings is 1. The lowest BCUT2D eigenvalue weighted by Crippen LogP contribution is -2.33. The smallest absolute Gasteiger partial charge is 0.255 e. The molecule has 30 heavy (non-hydrogen) atoms. The van der Waals surface area contributed by atoms with Gasteiger partial charge in [-0.05, 0) is 56.9 Å². The molecule has 0 aliphatic rings. The number of pyridine rings is 1. The summed E-state index contributed by atoms with van der Waals surface area (Å²) >= 11 is 0. The van der Waals surface area contributed by atoms with Gasteiger partial charge in [0.25, 0.3) is 5.91 Å². The standard InChI is InChI=1S/C24H32N4O2/c1-7-19-10-8-9-15(2)21(19)12-25-22-11-20(24(30)27(6)13-16(3)29)14-28-18(5)17(4)26-23(22)28/h8-11,14,16,25,29H,7,12-13H2,1-6H3/t16-/m1/s1. The van der Waals surface area contributed by atoms with Gasteiger partial charge in [0.15, 0.2) is 5.65 Å². The molecule has 0 spiro atoms. The molecule has 2 heterocycles. The first-order chi connectivity index (χ1) is 14.2. The number of nitrogens with zero attached hydrogens (tertiary/aromatic N) is 3. The molecule has 0 unspecified atom stereocenters. The van der Waals surface area contributed by atoms with E-state index in [2.05, 4.69) is 37.4 Å².